The van der Waals surface area contributed by atoms with E-state index in [1.54, 1.807) is 14.0 Å². The topological polar surface area (TPSA) is 24.9 Å². The third kappa shape index (κ3) is 1.35. The molecule has 5 heteroatoms. The minimum atomic E-state index is -0.310. The van der Waals surface area contributed by atoms with Crippen LogP contribution in [0.2, 0.25) is 5.02 Å². The Balaban J connectivity index is 2.84. The van der Waals surface area contributed by atoms with Gasteiger partial charge in [0.25, 0.3) is 0 Å². The number of nitrogens with zero attached hydrogens (tertiary/aromatic N) is 1. The van der Waals surface area contributed by atoms with Gasteiger partial charge >= 0.3 is 0 Å². The number of nitrogens with one attached hydrogen (secondary N) is 1. The van der Waals surface area contributed by atoms with Crippen LogP contribution in [-0.2, 0) is 0 Å². The van der Waals surface area contributed by atoms with E-state index >= 15 is 0 Å². The maximum absolute atomic E-state index is 13.3. The van der Waals surface area contributed by atoms with Crippen molar-refractivity contribution in [3.63, 3.8) is 0 Å². The largest absolute Gasteiger partial charge is 0.365 e. The fourth-order valence-electron chi connectivity index (χ4n) is 1.24. The van der Waals surface area contributed by atoms with Crippen LogP contribution in [0.25, 0.3) is 10.2 Å². The van der Waals surface area contributed by atoms with Gasteiger partial charge in [-0.3, -0.25) is 0 Å². The van der Waals surface area contributed by atoms with Gasteiger partial charge < -0.3 is 5.32 Å². The summed E-state index contributed by atoms with van der Waals surface area (Å²) in [5, 5.41) is 4.08. The fraction of sp³-hybridized carbons (Fsp3) is 0.222. The molecule has 0 amide bonds. The van der Waals surface area contributed by atoms with E-state index in [4.69, 9.17) is 11.6 Å². The molecule has 0 unspecified atom stereocenters. The Hall–Kier alpha value is -0.870. The Morgan fingerprint density at radius 3 is 2.93 bits per heavy atom. The molecule has 0 fully saturated rings. The molecule has 0 spiro atoms. The Kier molecular flexibility index (Phi) is 2.33. The summed E-state index contributed by atoms with van der Waals surface area (Å²) in [6.45, 7) is 1.70. The summed E-state index contributed by atoms with van der Waals surface area (Å²) in [5.41, 5.74) is 1.19. The van der Waals surface area contributed by atoms with Crippen molar-refractivity contribution >= 4 is 38.3 Å². The smallest absolute Gasteiger partial charge is 0.183 e. The molecule has 1 heterocycles. The zero-order chi connectivity index (χ0) is 10.3. The van der Waals surface area contributed by atoms with Crippen LogP contribution in [-0.4, -0.2) is 12.0 Å². The minimum Gasteiger partial charge on any atom is -0.365 e. The second kappa shape index (κ2) is 3.37. The predicted octanol–water partition coefficient (Wildman–Crippen LogP) is 3.44. The number of hydrogen-bond acceptors (Lipinski definition) is 3. The quantitative estimate of drug-likeness (QED) is 0.812. The highest BCUT2D eigenvalue weighted by molar-refractivity contribution is 7.22. The lowest BCUT2D eigenvalue weighted by atomic mass is 10.2. The molecule has 0 aliphatic heterocycles. The number of rotatable bonds is 1. The van der Waals surface area contributed by atoms with E-state index in [-0.39, 0.29) is 5.82 Å². The lowest BCUT2D eigenvalue weighted by Gasteiger charge is -1.98. The standard InChI is InChI=1S/C9H8ClFN2S/c1-4-6(11)3-5(10)8-7(4)13-9(12-2)14-8/h3H,1-2H3,(H,12,13). The molecule has 0 saturated heterocycles. The van der Waals surface area contributed by atoms with Gasteiger partial charge in [0.15, 0.2) is 5.13 Å². The molecule has 0 radical (unpaired) electrons. The molecular weight excluding hydrogens is 223 g/mol. The molecule has 74 valence electrons. The van der Waals surface area contributed by atoms with E-state index in [2.05, 4.69) is 10.3 Å². The van der Waals surface area contributed by atoms with Crippen molar-refractivity contribution in [3.05, 3.63) is 22.5 Å². The molecule has 0 atom stereocenters. The monoisotopic (exact) mass is 230 g/mol. The van der Waals surface area contributed by atoms with Gasteiger partial charge in [-0.2, -0.15) is 0 Å². The summed E-state index contributed by atoms with van der Waals surface area (Å²) in [4.78, 5) is 4.24. The summed E-state index contributed by atoms with van der Waals surface area (Å²) in [7, 11) is 1.78. The lowest BCUT2D eigenvalue weighted by Crippen LogP contribution is -1.87. The summed E-state index contributed by atoms with van der Waals surface area (Å²) >= 11 is 7.33. The average molecular weight is 231 g/mol. The number of anilines is 1. The SMILES string of the molecule is CNc1nc2c(C)c(F)cc(Cl)c2s1. The zero-order valence-electron chi connectivity index (χ0n) is 7.69. The first kappa shape index (κ1) is 9.68. The van der Waals surface area contributed by atoms with Crippen LogP contribution in [0.4, 0.5) is 9.52 Å². The first-order valence-corrected chi connectivity index (χ1v) is 5.26. The third-order valence-corrected chi connectivity index (χ3v) is 3.54. The maximum Gasteiger partial charge on any atom is 0.183 e. The maximum atomic E-state index is 13.3. The summed E-state index contributed by atoms with van der Waals surface area (Å²) < 4.78 is 14.1. The van der Waals surface area contributed by atoms with E-state index in [9.17, 15) is 4.39 Å². The van der Waals surface area contributed by atoms with Crippen LogP contribution in [0.3, 0.4) is 0 Å². The Morgan fingerprint density at radius 2 is 2.29 bits per heavy atom. The van der Waals surface area contributed by atoms with E-state index in [0.29, 0.717) is 16.1 Å². The molecule has 1 aromatic heterocycles. The number of thiazole rings is 1. The summed E-state index contributed by atoms with van der Waals surface area (Å²) in [5.74, 6) is -0.310. The van der Waals surface area contributed by atoms with Gasteiger partial charge in [0, 0.05) is 12.6 Å². The fourth-order valence-corrected chi connectivity index (χ4v) is 2.43. The highest BCUT2D eigenvalue weighted by Crippen LogP contribution is 2.34. The molecule has 1 aromatic carbocycles. The molecule has 1 N–H and O–H groups in total. The van der Waals surface area contributed by atoms with E-state index in [0.717, 1.165) is 9.83 Å². The molecule has 0 aliphatic carbocycles. The van der Waals surface area contributed by atoms with Gasteiger partial charge in [0.2, 0.25) is 0 Å². The normalized spacial score (nSPS) is 10.9. The van der Waals surface area contributed by atoms with Crippen molar-refractivity contribution < 1.29 is 4.39 Å². The van der Waals surface area contributed by atoms with Gasteiger partial charge in [0.05, 0.1) is 15.2 Å². The van der Waals surface area contributed by atoms with Crippen molar-refractivity contribution in [2.24, 2.45) is 0 Å². The molecule has 14 heavy (non-hydrogen) atoms. The highest BCUT2D eigenvalue weighted by atomic mass is 35.5. The van der Waals surface area contributed by atoms with Crippen LogP contribution in [0, 0.1) is 12.7 Å². The van der Waals surface area contributed by atoms with Crippen molar-refractivity contribution in [1.29, 1.82) is 0 Å². The number of hydrogen-bond donors (Lipinski definition) is 1. The minimum absolute atomic E-state index is 0.310. The number of benzene rings is 1. The van der Waals surface area contributed by atoms with Crippen LogP contribution in [0.5, 0.6) is 0 Å². The van der Waals surface area contributed by atoms with Crippen LogP contribution < -0.4 is 5.32 Å². The van der Waals surface area contributed by atoms with Gasteiger partial charge in [-0.15, -0.1) is 0 Å². The highest BCUT2D eigenvalue weighted by Gasteiger charge is 2.12. The molecule has 0 aliphatic rings. The number of aryl methyl sites for hydroxylation is 1. The second-order valence-corrected chi connectivity index (χ2v) is 4.32. The van der Waals surface area contributed by atoms with E-state index < -0.39 is 0 Å². The molecular formula is C9H8ClFN2S. The Bertz CT molecular complexity index is 495. The van der Waals surface area contributed by atoms with E-state index in [1.165, 1.54) is 17.4 Å². The molecule has 0 saturated carbocycles. The first-order chi connectivity index (χ1) is 6.63. The Morgan fingerprint density at radius 1 is 1.57 bits per heavy atom. The first-order valence-electron chi connectivity index (χ1n) is 4.06. The summed E-state index contributed by atoms with van der Waals surface area (Å²) in [6.07, 6.45) is 0. The lowest BCUT2D eigenvalue weighted by molar-refractivity contribution is 0.621. The van der Waals surface area contributed by atoms with Gasteiger partial charge in [-0.05, 0) is 13.0 Å². The molecule has 2 rings (SSSR count). The predicted molar refractivity (Wildman–Crippen MR) is 58.9 cm³/mol. The van der Waals surface area contributed by atoms with Gasteiger partial charge in [0.1, 0.15) is 5.82 Å². The van der Waals surface area contributed by atoms with Crippen molar-refractivity contribution in [3.8, 4) is 0 Å². The van der Waals surface area contributed by atoms with Crippen molar-refractivity contribution in [1.82, 2.24) is 4.98 Å². The van der Waals surface area contributed by atoms with Gasteiger partial charge in [-0.1, -0.05) is 22.9 Å². The molecule has 2 aromatic rings. The van der Waals surface area contributed by atoms with Gasteiger partial charge in [-0.25, -0.2) is 9.37 Å². The summed E-state index contributed by atoms with van der Waals surface area (Å²) in [6, 6.07) is 1.33. The zero-order valence-corrected chi connectivity index (χ0v) is 9.26. The van der Waals surface area contributed by atoms with Crippen molar-refractivity contribution in [2.45, 2.75) is 6.92 Å². The Labute approximate surface area is 89.7 Å². The third-order valence-electron chi connectivity index (χ3n) is 2.02. The average Bonchev–Trinajstić information content (AvgIpc) is 2.58. The second-order valence-electron chi connectivity index (χ2n) is 2.91. The van der Waals surface area contributed by atoms with Crippen LogP contribution in [0.15, 0.2) is 6.07 Å². The molecule has 0 bridgehead atoms. The number of halogens is 2. The van der Waals surface area contributed by atoms with Crippen LogP contribution in [0.1, 0.15) is 5.56 Å². The number of fused-ring (bicyclic) bond motifs is 1. The van der Waals surface area contributed by atoms with E-state index in [1.807, 2.05) is 0 Å². The number of aromatic nitrogens is 1. The van der Waals surface area contributed by atoms with Crippen LogP contribution >= 0.6 is 22.9 Å². The van der Waals surface area contributed by atoms with Crippen molar-refractivity contribution in [2.75, 3.05) is 12.4 Å². The molecule has 2 nitrogen and oxygen atoms in total.